The molecule has 1 radical (unpaired) electrons. The van der Waals surface area contributed by atoms with Crippen molar-refractivity contribution in [2.24, 2.45) is 0 Å². The molecule has 0 aliphatic heterocycles. The number of hydrogen-bond donors (Lipinski definition) is 1. The van der Waals surface area contributed by atoms with Crippen LogP contribution in [0, 0.1) is 6.92 Å². The Morgan fingerprint density at radius 3 is 2.86 bits per heavy atom. The van der Waals surface area contributed by atoms with Gasteiger partial charge in [-0.15, -0.1) is 0 Å². The molecule has 0 fully saturated rings. The van der Waals surface area contributed by atoms with Gasteiger partial charge in [0.05, 0.1) is 16.9 Å². The quantitative estimate of drug-likeness (QED) is 0.855. The Hall–Kier alpha value is -0.736. The van der Waals surface area contributed by atoms with Crippen LogP contribution >= 0.6 is 0 Å². The zero-order valence-corrected chi connectivity index (χ0v) is 10.5. The van der Waals surface area contributed by atoms with Gasteiger partial charge in [-0.25, -0.2) is 4.98 Å². The molecule has 2 rings (SSSR count). The number of carbonyl (C=O) groups is 1. The van der Waals surface area contributed by atoms with Crippen molar-refractivity contribution in [3.8, 4) is 0 Å². The number of para-hydroxylation sites is 1. The monoisotopic (exact) mass is 263 g/mol. The number of nitrogens with zero attached hydrogens (tertiary/aromatic N) is 1. The van der Waals surface area contributed by atoms with Crippen LogP contribution in [0.1, 0.15) is 16.2 Å². The number of benzene rings is 1. The number of imidazole rings is 1. The maximum absolute atomic E-state index is 10.9. The molecule has 1 aromatic heterocycles. The molecule has 0 spiro atoms. The number of rotatable bonds is 1. The first kappa shape index (κ1) is 11.3. The Kier molecular flexibility index (Phi) is 3.40. The zero-order chi connectivity index (χ0) is 9.42. The van der Waals surface area contributed by atoms with Crippen LogP contribution in [0.15, 0.2) is 18.2 Å². The molecule has 14 heavy (non-hydrogen) atoms. The van der Waals surface area contributed by atoms with E-state index >= 15 is 0 Å². The second-order valence-electron chi connectivity index (χ2n) is 2.85. The Bertz CT molecular complexity index is 478. The number of aromatic amines is 1. The van der Waals surface area contributed by atoms with Gasteiger partial charge in [0.25, 0.3) is 0 Å². The van der Waals surface area contributed by atoms with Crippen LogP contribution in [0.4, 0.5) is 0 Å². The molecule has 1 heterocycles. The van der Waals surface area contributed by atoms with E-state index in [1.54, 1.807) is 12.1 Å². The van der Waals surface area contributed by atoms with Crippen LogP contribution < -0.4 is 0 Å². The molecule has 0 unspecified atom stereocenters. The first-order chi connectivity index (χ1) is 6.18. The van der Waals surface area contributed by atoms with E-state index in [1.807, 2.05) is 13.0 Å². The van der Waals surface area contributed by atoms with Gasteiger partial charge in [0.2, 0.25) is 0 Å². The minimum Gasteiger partial charge on any atom is -0.663 e. The fourth-order valence-electron chi connectivity index (χ4n) is 1.34. The molecule has 1 aromatic carbocycles. The normalized spacial score (nSPS) is 9.79. The minimum atomic E-state index is -0.697. The summed E-state index contributed by atoms with van der Waals surface area (Å²) in [6, 6.07) is 5.18. The topological polar surface area (TPSA) is 69.5 Å². The second kappa shape index (κ2) is 4.19. The van der Waals surface area contributed by atoms with Gasteiger partial charge in [-0.2, -0.15) is 0 Å². The van der Waals surface area contributed by atoms with Crippen molar-refractivity contribution in [3.05, 3.63) is 35.3 Å². The Labute approximate surface area is 106 Å². The number of hydrogen-bond acceptors (Lipinski definition) is 2. The first-order valence-electron chi connectivity index (χ1n) is 3.90. The van der Waals surface area contributed by atoms with Crippen LogP contribution in [-0.2, 0) is 32.7 Å². The molecule has 0 saturated heterocycles. The molecule has 2 aromatic rings. The third-order valence-corrected chi connectivity index (χ3v) is 1.88. The predicted molar refractivity (Wildman–Crippen MR) is 49.5 cm³/mol. The van der Waals surface area contributed by atoms with Gasteiger partial charge in [-0.3, -0.25) is 0 Å². The molecular weight excluding hydrogens is 255 g/mol. The van der Waals surface area contributed by atoms with Crippen molar-refractivity contribution in [3.63, 3.8) is 0 Å². The molecule has 0 saturated carbocycles. The van der Waals surface area contributed by atoms with Crippen LogP contribution in [0.3, 0.4) is 0 Å². The Morgan fingerprint density at radius 2 is 2.21 bits per heavy atom. The smallest absolute Gasteiger partial charge is 0.104 e. The maximum Gasteiger partial charge on any atom is 0.104 e. The van der Waals surface area contributed by atoms with Crippen LogP contribution in [0.25, 0.3) is 16.8 Å². The largest absolute Gasteiger partial charge is 0.663 e. The number of amides is 1. The second-order valence-corrected chi connectivity index (χ2v) is 2.85. The molecule has 0 aliphatic carbocycles. The summed E-state index contributed by atoms with van der Waals surface area (Å²) in [6.45, 7) is 1.82. The van der Waals surface area contributed by atoms with E-state index in [9.17, 15) is 4.79 Å². The third-order valence-electron chi connectivity index (χ3n) is 1.88. The van der Waals surface area contributed by atoms with Gasteiger partial charge in [-0.05, 0) is 13.0 Å². The van der Waals surface area contributed by atoms with Crippen LogP contribution in [0.5, 0.6) is 0 Å². The van der Waals surface area contributed by atoms with Crippen molar-refractivity contribution in [2.75, 3.05) is 0 Å². The summed E-state index contributed by atoms with van der Waals surface area (Å²) in [6.07, 6.45) is 0. The van der Waals surface area contributed by atoms with E-state index in [-0.39, 0.29) is 32.7 Å². The number of nitrogens with one attached hydrogen (secondary N) is 2. The summed E-state index contributed by atoms with van der Waals surface area (Å²) in [4.78, 5) is 18.0. The van der Waals surface area contributed by atoms with Gasteiger partial charge in [0.15, 0.2) is 0 Å². The van der Waals surface area contributed by atoms with E-state index in [4.69, 9.17) is 5.73 Å². The van der Waals surface area contributed by atoms with E-state index in [2.05, 4.69) is 9.97 Å². The zero-order valence-electron chi connectivity index (χ0n) is 7.66. The summed E-state index contributed by atoms with van der Waals surface area (Å²) in [7, 11) is 0. The fraction of sp³-hybridized carbons (Fsp3) is 0.111. The van der Waals surface area contributed by atoms with Crippen LogP contribution in [-0.4, -0.2) is 15.9 Å². The number of H-pyrrole nitrogens is 1. The van der Waals surface area contributed by atoms with Crippen molar-refractivity contribution in [1.29, 1.82) is 0 Å². The molecule has 0 aliphatic rings. The van der Waals surface area contributed by atoms with Gasteiger partial charge >= 0.3 is 0 Å². The van der Waals surface area contributed by atoms with E-state index in [0.29, 0.717) is 11.1 Å². The fourth-order valence-corrected chi connectivity index (χ4v) is 1.34. The summed E-state index contributed by atoms with van der Waals surface area (Å²) >= 11 is 0. The molecule has 69 valence electrons. The number of fused-ring (bicyclic) bond motifs is 1. The standard InChI is InChI=1S/C9H9N3O.Y/c1-5-11-7-4-2-3-6(9(10)13)8(7)12-5;/h2-4H,1H3,(H3,10,11,12,13);/p-1. The third kappa shape index (κ3) is 1.86. The van der Waals surface area contributed by atoms with Gasteiger partial charge in [-0.1, -0.05) is 12.1 Å². The summed E-state index contributed by atoms with van der Waals surface area (Å²) in [5, 5.41) is 0. The average Bonchev–Trinajstić information content (AvgIpc) is 2.43. The van der Waals surface area contributed by atoms with Gasteiger partial charge in [0.1, 0.15) is 5.82 Å². The molecule has 4 nitrogen and oxygen atoms in total. The molecule has 5 heteroatoms. The van der Waals surface area contributed by atoms with Crippen molar-refractivity contribution < 1.29 is 37.5 Å². The van der Waals surface area contributed by atoms with E-state index in [1.165, 1.54) is 0 Å². The van der Waals surface area contributed by atoms with Crippen molar-refractivity contribution in [2.45, 2.75) is 6.92 Å². The first-order valence-corrected chi connectivity index (χ1v) is 3.90. The minimum absolute atomic E-state index is 0. The summed E-state index contributed by atoms with van der Waals surface area (Å²) in [5.41, 5.74) is 8.75. The van der Waals surface area contributed by atoms with Crippen molar-refractivity contribution in [1.82, 2.24) is 9.97 Å². The molecule has 0 bridgehead atoms. The molecule has 0 atom stereocenters. The number of aromatic nitrogens is 2. The number of carbonyl (C=O) groups excluding carboxylic acids is 1. The Balaban J connectivity index is 0.000000980. The van der Waals surface area contributed by atoms with Gasteiger partial charge in [0, 0.05) is 38.3 Å². The maximum atomic E-state index is 10.9. The summed E-state index contributed by atoms with van der Waals surface area (Å²) in [5.74, 6) is 0.0563. The SMILES string of the molecule is Cc1nc2c(C([NH-])=O)cccc2[nH]1.[Y]. The van der Waals surface area contributed by atoms with Crippen LogP contribution in [0.2, 0.25) is 0 Å². The molecular formula is C9H8N3OY-. The van der Waals surface area contributed by atoms with Gasteiger partial charge < -0.3 is 15.5 Å². The predicted octanol–water partition coefficient (Wildman–Crippen LogP) is 2.06. The average molecular weight is 263 g/mol. The summed E-state index contributed by atoms with van der Waals surface area (Å²) < 4.78 is 0. The Morgan fingerprint density at radius 1 is 1.50 bits per heavy atom. The van der Waals surface area contributed by atoms with E-state index < -0.39 is 5.91 Å². The van der Waals surface area contributed by atoms with Crippen molar-refractivity contribution >= 4 is 16.9 Å². The van der Waals surface area contributed by atoms with E-state index in [0.717, 1.165) is 11.3 Å². The molecule has 1 amide bonds. The molecule has 2 N–H and O–H groups in total. The number of aryl methyl sites for hydroxylation is 1.